The number of carbonyl (C=O) groups is 3. The van der Waals surface area contributed by atoms with E-state index in [1.807, 2.05) is 30.3 Å². The van der Waals surface area contributed by atoms with Gasteiger partial charge in [0.05, 0.1) is 18.6 Å². The number of hydroxylamine groups is 2. The van der Waals surface area contributed by atoms with Crippen LogP contribution < -0.4 is 0 Å². The Morgan fingerprint density at radius 3 is 2.35 bits per heavy atom. The molecule has 0 aliphatic carbocycles. The fourth-order valence-electron chi connectivity index (χ4n) is 3.85. The number of amides is 2. The van der Waals surface area contributed by atoms with Crippen molar-refractivity contribution < 1.29 is 28.8 Å². The van der Waals surface area contributed by atoms with Crippen LogP contribution in [0.15, 0.2) is 30.3 Å². The molecule has 0 aromatic heterocycles. The Hall–Kier alpha value is -2.23. The number of carbonyl (C=O) groups excluding carboxylic acids is 2. The molecule has 170 valence electrons. The smallest absolute Gasteiger partial charge is 0.328 e. The molecule has 9 heteroatoms. The van der Waals surface area contributed by atoms with Crippen LogP contribution in [-0.2, 0) is 30.3 Å². The van der Waals surface area contributed by atoms with Crippen LogP contribution in [0.3, 0.4) is 0 Å². The van der Waals surface area contributed by atoms with Gasteiger partial charge in [-0.3, -0.25) is 14.4 Å². The van der Waals surface area contributed by atoms with Gasteiger partial charge in [0, 0.05) is 0 Å². The second kappa shape index (κ2) is 8.37. The van der Waals surface area contributed by atoms with Crippen LogP contribution in [-0.4, -0.2) is 65.9 Å². The Balaban J connectivity index is 1.79. The lowest BCUT2D eigenvalue weighted by Crippen LogP contribution is -2.78. The number of aliphatic carboxylic acids is 1. The van der Waals surface area contributed by atoms with E-state index in [1.165, 1.54) is 4.90 Å². The summed E-state index contributed by atoms with van der Waals surface area (Å²) in [4.78, 5) is 44.8. The van der Waals surface area contributed by atoms with Crippen LogP contribution in [0.25, 0.3) is 0 Å². The van der Waals surface area contributed by atoms with Crippen LogP contribution >= 0.6 is 0 Å². The molecule has 3 rings (SSSR count). The number of benzene rings is 1. The molecule has 0 spiro atoms. The molecular formula is C22H32N2O6Si. The lowest BCUT2D eigenvalue weighted by atomic mass is 9.79. The number of rotatable bonds is 7. The Bertz CT molecular complexity index is 853. The van der Waals surface area contributed by atoms with Crippen molar-refractivity contribution in [3.8, 4) is 0 Å². The summed E-state index contributed by atoms with van der Waals surface area (Å²) in [5.41, 5.74) is 0.862. The van der Waals surface area contributed by atoms with Crippen LogP contribution in [0.5, 0.6) is 0 Å². The summed E-state index contributed by atoms with van der Waals surface area (Å²) in [5, 5.41) is 10.7. The van der Waals surface area contributed by atoms with E-state index < -0.39 is 44.3 Å². The molecule has 2 saturated heterocycles. The highest BCUT2D eigenvalue weighted by Gasteiger charge is 2.62. The van der Waals surface area contributed by atoms with Gasteiger partial charge in [0.15, 0.2) is 14.4 Å². The highest BCUT2D eigenvalue weighted by molar-refractivity contribution is 6.74. The van der Waals surface area contributed by atoms with Crippen molar-refractivity contribution in [2.75, 3.05) is 6.54 Å². The van der Waals surface area contributed by atoms with Gasteiger partial charge in [-0.15, -0.1) is 0 Å². The summed E-state index contributed by atoms with van der Waals surface area (Å²) >= 11 is 0. The van der Waals surface area contributed by atoms with Gasteiger partial charge in [-0.05, 0) is 30.6 Å². The number of fused-ring (bicyclic) bond motifs is 1. The average molecular weight is 449 g/mol. The molecule has 2 fully saturated rings. The van der Waals surface area contributed by atoms with E-state index in [0.29, 0.717) is 0 Å². The highest BCUT2D eigenvalue weighted by Crippen LogP contribution is 2.42. The predicted molar refractivity (Wildman–Crippen MR) is 116 cm³/mol. The molecule has 0 saturated carbocycles. The maximum atomic E-state index is 13.2. The first-order valence-corrected chi connectivity index (χ1v) is 13.5. The van der Waals surface area contributed by atoms with Crippen molar-refractivity contribution in [1.82, 2.24) is 9.96 Å². The van der Waals surface area contributed by atoms with Gasteiger partial charge >= 0.3 is 5.97 Å². The maximum Gasteiger partial charge on any atom is 0.328 e. The quantitative estimate of drug-likeness (QED) is 0.509. The topological polar surface area (TPSA) is 96.4 Å². The van der Waals surface area contributed by atoms with Gasteiger partial charge in [0.2, 0.25) is 5.91 Å². The molecule has 1 aromatic carbocycles. The van der Waals surface area contributed by atoms with Gasteiger partial charge in [0.25, 0.3) is 5.91 Å². The van der Waals surface area contributed by atoms with Gasteiger partial charge in [-0.1, -0.05) is 51.1 Å². The third kappa shape index (κ3) is 4.39. The lowest BCUT2D eigenvalue weighted by molar-refractivity contribution is -0.233. The number of carboxylic acids is 1. The van der Waals surface area contributed by atoms with Crippen LogP contribution in [0.2, 0.25) is 18.1 Å². The zero-order valence-corrected chi connectivity index (χ0v) is 20.0. The van der Waals surface area contributed by atoms with Gasteiger partial charge < -0.3 is 14.4 Å². The van der Waals surface area contributed by atoms with E-state index >= 15 is 0 Å². The first kappa shape index (κ1) is 23.4. The largest absolute Gasteiger partial charge is 0.480 e. The molecular weight excluding hydrogens is 416 g/mol. The molecule has 31 heavy (non-hydrogen) atoms. The van der Waals surface area contributed by atoms with E-state index in [1.54, 1.807) is 6.92 Å². The third-order valence-electron chi connectivity index (χ3n) is 6.66. The van der Waals surface area contributed by atoms with Crippen molar-refractivity contribution >= 4 is 26.1 Å². The van der Waals surface area contributed by atoms with Crippen molar-refractivity contribution in [3.63, 3.8) is 0 Å². The van der Waals surface area contributed by atoms with Crippen molar-refractivity contribution in [1.29, 1.82) is 0 Å². The molecule has 2 amide bonds. The molecule has 4 atom stereocenters. The molecule has 0 radical (unpaired) electrons. The first-order valence-electron chi connectivity index (χ1n) is 10.6. The molecule has 2 aliphatic rings. The van der Waals surface area contributed by atoms with Crippen LogP contribution in [0.1, 0.15) is 33.3 Å². The standard InChI is InChI=1S/C22H32N2O6Si/c1-14(30-31(5,6)22(2,3)4)17-18-20(26)23(29-13-15-10-8-7-9-11-15)12-16(21(27)28)24(18)19(17)25/h7-11,14,16-18H,12-13H2,1-6H3,(H,27,28)/t14-,16?,17-,18+/m1/s1. The fraction of sp³-hybridized carbons (Fsp3) is 0.591. The van der Waals surface area contributed by atoms with E-state index in [4.69, 9.17) is 9.26 Å². The first-order chi connectivity index (χ1) is 14.3. The van der Waals surface area contributed by atoms with Crippen molar-refractivity contribution in [2.24, 2.45) is 5.92 Å². The summed E-state index contributed by atoms with van der Waals surface area (Å²) in [7, 11) is -2.18. The predicted octanol–water partition coefficient (Wildman–Crippen LogP) is 2.65. The van der Waals surface area contributed by atoms with Crippen molar-refractivity contribution in [3.05, 3.63) is 35.9 Å². The Labute approximate surface area is 184 Å². The van der Waals surface area contributed by atoms with E-state index in [-0.39, 0.29) is 24.1 Å². The Morgan fingerprint density at radius 2 is 1.81 bits per heavy atom. The van der Waals surface area contributed by atoms with Gasteiger partial charge in [-0.2, -0.15) is 0 Å². The summed E-state index contributed by atoms with van der Waals surface area (Å²) in [5.74, 6) is -2.62. The highest BCUT2D eigenvalue weighted by atomic mass is 28.4. The fourth-order valence-corrected chi connectivity index (χ4v) is 5.28. The summed E-state index contributed by atoms with van der Waals surface area (Å²) < 4.78 is 6.37. The number of nitrogens with zero attached hydrogens (tertiary/aromatic N) is 2. The normalized spacial score (nSPS) is 25.2. The van der Waals surface area contributed by atoms with E-state index in [0.717, 1.165) is 10.6 Å². The second-order valence-corrected chi connectivity index (χ2v) is 14.6. The van der Waals surface area contributed by atoms with E-state index in [9.17, 15) is 19.5 Å². The zero-order chi connectivity index (χ0) is 23.1. The molecule has 2 aliphatic heterocycles. The monoisotopic (exact) mass is 448 g/mol. The molecule has 1 aromatic rings. The van der Waals surface area contributed by atoms with E-state index in [2.05, 4.69) is 33.9 Å². The Morgan fingerprint density at radius 1 is 1.19 bits per heavy atom. The minimum Gasteiger partial charge on any atom is -0.480 e. The van der Waals surface area contributed by atoms with Crippen molar-refractivity contribution in [2.45, 2.75) is 70.6 Å². The SMILES string of the molecule is C[C@@H](O[Si](C)(C)C(C)(C)C)[C@H]1C(=O)N2C(C(=O)O)CN(OCc3ccccc3)C(=O)[C@H]12. The third-order valence-corrected chi connectivity index (χ3v) is 11.2. The average Bonchev–Trinajstić information content (AvgIpc) is 2.66. The van der Waals surface area contributed by atoms with Crippen LogP contribution in [0.4, 0.5) is 0 Å². The van der Waals surface area contributed by atoms with Crippen LogP contribution in [0, 0.1) is 5.92 Å². The number of piperazine rings is 1. The summed E-state index contributed by atoms with van der Waals surface area (Å²) in [6, 6.07) is 7.29. The summed E-state index contributed by atoms with van der Waals surface area (Å²) in [6.07, 6.45) is -0.498. The second-order valence-electron chi connectivity index (χ2n) is 9.81. The van der Waals surface area contributed by atoms with Gasteiger partial charge in [0.1, 0.15) is 12.6 Å². The molecule has 1 unspecified atom stereocenters. The van der Waals surface area contributed by atoms with Gasteiger partial charge in [-0.25, -0.2) is 9.86 Å². The summed E-state index contributed by atoms with van der Waals surface area (Å²) in [6.45, 7) is 12.2. The molecule has 1 N–H and O–H groups in total. The number of carboxylic acid groups (broad SMARTS) is 1. The molecule has 2 heterocycles. The zero-order valence-electron chi connectivity index (χ0n) is 19.0. The molecule has 0 bridgehead atoms. The molecule has 8 nitrogen and oxygen atoms in total. The number of β-lactam (4-membered cyclic amide) rings is 1. The maximum absolute atomic E-state index is 13.2. The lowest BCUT2D eigenvalue weighted by Gasteiger charge is -2.55. The number of hydrogen-bond acceptors (Lipinski definition) is 5. The number of hydrogen-bond donors (Lipinski definition) is 1. The minimum atomic E-state index is -2.18. The minimum absolute atomic E-state index is 0.0568. The Kier molecular flexibility index (Phi) is 6.32.